The number of amides is 1. The van der Waals surface area contributed by atoms with Crippen molar-refractivity contribution in [1.82, 2.24) is 9.29 Å². The molecule has 10 heteroatoms. The van der Waals surface area contributed by atoms with Crippen LogP contribution in [0.2, 0.25) is 0 Å². The van der Waals surface area contributed by atoms with Crippen LogP contribution in [0.25, 0.3) is 11.3 Å². The molecule has 0 unspecified atom stereocenters. The molecule has 38 heavy (non-hydrogen) atoms. The molecular weight excluding hydrogens is 520 g/mol. The molecule has 4 aromatic rings. The Bertz CT molecular complexity index is 1520. The Morgan fingerprint density at radius 3 is 2.26 bits per heavy atom. The fraction of sp³-hybridized carbons (Fsp3) is 0.214. The number of aromatic nitrogens is 1. The second kappa shape index (κ2) is 11.8. The number of nitrogens with one attached hydrogen (secondary N) is 2. The highest BCUT2D eigenvalue weighted by Crippen LogP contribution is 2.32. The van der Waals surface area contributed by atoms with E-state index in [1.54, 1.807) is 43.4 Å². The maximum atomic E-state index is 13.6. The highest BCUT2D eigenvalue weighted by atomic mass is 32.2. The van der Waals surface area contributed by atoms with Gasteiger partial charge in [-0.3, -0.25) is 4.79 Å². The summed E-state index contributed by atoms with van der Waals surface area (Å²) in [6.07, 6.45) is 0. The number of thiazole rings is 1. The SMILES string of the molecule is CNc1nc(-c2ccc(OC)c(NC(=O)CN(Cc3ccc(C)cc3)S(=O)(=O)c3ccc(C)cc3)c2)cs1. The summed E-state index contributed by atoms with van der Waals surface area (Å²) < 4.78 is 33.8. The minimum Gasteiger partial charge on any atom is -0.495 e. The molecule has 0 spiro atoms. The maximum Gasteiger partial charge on any atom is 0.243 e. The molecule has 0 saturated carbocycles. The number of sulfonamides is 1. The van der Waals surface area contributed by atoms with E-state index in [0.29, 0.717) is 11.4 Å². The first-order valence-electron chi connectivity index (χ1n) is 11.9. The first-order chi connectivity index (χ1) is 18.2. The topological polar surface area (TPSA) is 101 Å². The Labute approximate surface area is 227 Å². The largest absolute Gasteiger partial charge is 0.495 e. The van der Waals surface area contributed by atoms with E-state index in [0.717, 1.165) is 33.1 Å². The van der Waals surface area contributed by atoms with Gasteiger partial charge in [-0.25, -0.2) is 13.4 Å². The van der Waals surface area contributed by atoms with E-state index in [1.807, 2.05) is 49.6 Å². The summed E-state index contributed by atoms with van der Waals surface area (Å²) in [5.41, 5.74) is 4.76. The standard InChI is InChI=1S/C28H30N4O4S2/c1-19-5-9-21(10-6-19)16-32(38(34,35)23-12-7-20(2)8-13-23)17-27(33)30-24-15-22(11-14-26(24)36-4)25-18-37-28(29-3)31-25/h5-15,18H,16-17H2,1-4H3,(H,29,31)(H,30,33). The van der Waals surface area contributed by atoms with Gasteiger partial charge in [0.2, 0.25) is 15.9 Å². The van der Waals surface area contributed by atoms with Gasteiger partial charge in [0.1, 0.15) is 5.75 Å². The van der Waals surface area contributed by atoms with Crippen molar-refractivity contribution in [3.8, 4) is 17.0 Å². The second-order valence-corrected chi connectivity index (χ2v) is 11.6. The first kappa shape index (κ1) is 27.3. The van der Waals surface area contributed by atoms with Crippen molar-refractivity contribution in [2.75, 3.05) is 31.3 Å². The zero-order chi connectivity index (χ0) is 27.3. The van der Waals surface area contributed by atoms with Crippen LogP contribution in [0.5, 0.6) is 5.75 Å². The second-order valence-electron chi connectivity index (χ2n) is 8.82. The molecule has 0 saturated heterocycles. The zero-order valence-electron chi connectivity index (χ0n) is 21.7. The van der Waals surface area contributed by atoms with E-state index in [4.69, 9.17) is 4.74 Å². The number of aryl methyl sites for hydroxylation is 2. The first-order valence-corrected chi connectivity index (χ1v) is 14.3. The van der Waals surface area contributed by atoms with E-state index in [2.05, 4.69) is 15.6 Å². The minimum atomic E-state index is -3.95. The summed E-state index contributed by atoms with van der Waals surface area (Å²) in [6, 6.07) is 19.5. The predicted molar refractivity (Wildman–Crippen MR) is 152 cm³/mol. The minimum absolute atomic E-state index is 0.0483. The van der Waals surface area contributed by atoms with Gasteiger partial charge in [-0.05, 0) is 49.7 Å². The summed E-state index contributed by atoms with van der Waals surface area (Å²) >= 11 is 1.47. The number of ether oxygens (including phenoxy) is 1. The van der Waals surface area contributed by atoms with Gasteiger partial charge in [0.25, 0.3) is 0 Å². The molecule has 8 nitrogen and oxygen atoms in total. The van der Waals surface area contributed by atoms with Crippen LogP contribution in [-0.2, 0) is 21.4 Å². The fourth-order valence-corrected chi connectivity index (χ4v) is 5.88. The van der Waals surface area contributed by atoms with E-state index in [9.17, 15) is 13.2 Å². The van der Waals surface area contributed by atoms with E-state index in [1.165, 1.54) is 22.8 Å². The summed E-state index contributed by atoms with van der Waals surface area (Å²) in [5, 5.41) is 8.54. The van der Waals surface area contributed by atoms with Crippen molar-refractivity contribution in [3.63, 3.8) is 0 Å². The number of rotatable bonds is 10. The molecule has 2 N–H and O–H groups in total. The summed E-state index contributed by atoms with van der Waals surface area (Å²) in [4.78, 5) is 17.9. The van der Waals surface area contributed by atoms with Crippen LogP contribution >= 0.6 is 11.3 Å². The van der Waals surface area contributed by atoms with Gasteiger partial charge in [0.05, 0.1) is 29.9 Å². The molecule has 0 aliphatic rings. The number of anilines is 2. The average Bonchev–Trinajstić information content (AvgIpc) is 3.39. The summed E-state index contributed by atoms with van der Waals surface area (Å²) in [6.45, 7) is 3.52. The highest BCUT2D eigenvalue weighted by molar-refractivity contribution is 7.89. The molecule has 1 aromatic heterocycles. The van der Waals surface area contributed by atoms with Crippen LogP contribution in [0.1, 0.15) is 16.7 Å². The molecule has 0 aliphatic carbocycles. The predicted octanol–water partition coefficient (Wildman–Crippen LogP) is 5.31. The van der Waals surface area contributed by atoms with Crippen molar-refractivity contribution in [1.29, 1.82) is 0 Å². The Balaban J connectivity index is 1.61. The number of carbonyl (C=O) groups excluding carboxylic acids is 1. The van der Waals surface area contributed by atoms with Crippen LogP contribution in [-0.4, -0.2) is 44.3 Å². The lowest BCUT2D eigenvalue weighted by atomic mass is 10.1. The van der Waals surface area contributed by atoms with Crippen LogP contribution in [0.3, 0.4) is 0 Å². The molecule has 0 atom stereocenters. The van der Waals surface area contributed by atoms with E-state index in [-0.39, 0.29) is 18.0 Å². The lowest BCUT2D eigenvalue weighted by Gasteiger charge is -2.22. The molecule has 0 aliphatic heterocycles. The Morgan fingerprint density at radius 2 is 1.66 bits per heavy atom. The number of methoxy groups -OCH3 is 1. The van der Waals surface area contributed by atoms with Crippen molar-refractivity contribution in [3.05, 3.63) is 88.8 Å². The monoisotopic (exact) mass is 550 g/mol. The normalized spacial score (nSPS) is 11.4. The molecule has 3 aromatic carbocycles. The third kappa shape index (κ3) is 6.39. The van der Waals surface area contributed by atoms with Crippen molar-refractivity contribution >= 4 is 38.1 Å². The number of hydrogen-bond acceptors (Lipinski definition) is 7. The lowest BCUT2D eigenvalue weighted by molar-refractivity contribution is -0.116. The van der Waals surface area contributed by atoms with Crippen LogP contribution in [0.4, 0.5) is 10.8 Å². The van der Waals surface area contributed by atoms with Crippen molar-refractivity contribution in [2.24, 2.45) is 0 Å². The lowest BCUT2D eigenvalue weighted by Crippen LogP contribution is -2.37. The van der Waals surface area contributed by atoms with E-state index < -0.39 is 15.9 Å². The highest BCUT2D eigenvalue weighted by Gasteiger charge is 2.27. The zero-order valence-corrected chi connectivity index (χ0v) is 23.3. The van der Waals surface area contributed by atoms with Crippen molar-refractivity contribution < 1.29 is 17.9 Å². The van der Waals surface area contributed by atoms with Crippen LogP contribution in [0.15, 0.2) is 77.0 Å². The number of carbonyl (C=O) groups is 1. The smallest absolute Gasteiger partial charge is 0.243 e. The maximum absolute atomic E-state index is 13.6. The van der Waals surface area contributed by atoms with Gasteiger partial charge in [-0.1, -0.05) is 47.5 Å². The third-order valence-corrected chi connectivity index (χ3v) is 8.61. The van der Waals surface area contributed by atoms with Crippen molar-refractivity contribution in [2.45, 2.75) is 25.3 Å². The molecule has 198 valence electrons. The fourth-order valence-electron chi connectivity index (χ4n) is 3.82. The molecule has 0 radical (unpaired) electrons. The molecule has 4 rings (SSSR count). The van der Waals surface area contributed by atoms with Gasteiger partial charge in [0, 0.05) is 24.5 Å². The molecule has 0 fully saturated rings. The Hall–Kier alpha value is -3.73. The van der Waals surface area contributed by atoms with Gasteiger partial charge in [-0.15, -0.1) is 11.3 Å². The number of nitrogens with zero attached hydrogens (tertiary/aromatic N) is 2. The third-order valence-electron chi connectivity index (χ3n) is 5.95. The molecule has 0 bridgehead atoms. The molecule has 1 heterocycles. The summed E-state index contributed by atoms with van der Waals surface area (Å²) in [5.74, 6) is -0.0323. The van der Waals surface area contributed by atoms with Crippen LogP contribution in [0, 0.1) is 13.8 Å². The van der Waals surface area contributed by atoms with Gasteiger partial charge in [0.15, 0.2) is 5.13 Å². The number of hydrogen-bond donors (Lipinski definition) is 2. The molecule has 1 amide bonds. The van der Waals surface area contributed by atoms with Gasteiger partial charge in [-0.2, -0.15) is 4.31 Å². The Kier molecular flexibility index (Phi) is 8.45. The van der Waals surface area contributed by atoms with Gasteiger partial charge < -0.3 is 15.4 Å². The molecular formula is C28H30N4O4S2. The van der Waals surface area contributed by atoms with E-state index >= 15 is 0 Å². The van der Waals surface area contributed by atoms with Crippen LogP contribution < -0.4 is 15.4 Å². The van der Waals surface area contributed by atoms with Gasteiger partial charge >= 0.3 is 0 Å². The summed E-state index contributed by atoms with van der Waals surface area (Å²) in [7, 11) is -0.642. The quantitative estimate of drug-likeness (QED) is 0.278. The number of benzene rings is 3. The average molecular weight is 551 g/mol. The Morgan fingerprint density at radius 1 is 1.00 bits per heavy atom.